The van der Waals surface area contributed by atoms with Crippen LogP contribution in [0.25, 0.3) is 0 Å². The highest BCUT2D eigenvalue weighted by Crippen LogP contribution is 2.37. The fourth-order valence-electron chi connectivity index (χ4n) is 1.28. The molecule has 0 aromatic rings. The minimum atomic E-state index is -1.96. The van der Waals surface area contributed by atoms with Gasteiger partial charge in [-0.1, -0.05) is 20.8 Å². The molecule has 0 N–H and O–H groups in total. The van der Waals surface area contributed by atoms with Crippen molar-refractivity contribution >= 4 is 14.3 Å². The number of terminal acetylenes is 1. The molecule has 4 heteroatoms. The molecule has 18 heavy (non-hydrogen) atoms. The van der Waals surface area contributed by atoms with Crippen molar-refractivity contribution in [2.24, 2.45) is 0 Å². The van der Waals surface area contributed by atoms with Gasteiger partial charge in [-0.25, -0.2) is 4.79 Å². The molecular weight excluding hydrogens is 244 g/mol. The van der Waals surface area contributed by atoms with Crippen LogP contribution in [0.1, 0.15) is 40.0 Å². The second kappa shape index (κ2) is 6.96. The molecule has 0 spiro atoms. The van der Waals surface area contributed by atoms with Gasteiger partial charge in [0.05, 0.1) is 7.11 Å². The van der Waals surface area contributed by atoms with Gasteiger partial charge in [0.15, 0.2) is 8.32 Å². The van der Waals surface area contributed by atoms with Crippen LogP contribution in [0.4, 0.5) is 0 Å². The minimum Gasteiger partial charge on any atom is -0.467 e. The Morgan fingerprint density at radius 3 is 2.33 bits per heavy atom. The summed E-state index contributed by atoms with van der Waals surface area (Å²) in [5.74, 6) is 2.28. The van der Waals surface area contributed by atoms with Crippen molar-refractivity contribution in [2.75, 3.05) is 7.11 Å². The first-order valence-corrected chi connectivity index (χ1v) is 9.25. The smallest absolute Gasteiger partial charge is 0.333 e. The number of hydrogen-bond acceptors (Lipinski definition) is 3. The van der Waals surface area contributed by atoms with E-state index in [2.05, 4.69) is 39.8 Å². The van der Waals surface area contributed by atoms with E-state index in [0.717, 1.165) is 6.42 Å². The van der Waals surface area contributed by atoms with E-state index >= 15 is 0 Å². The van der Waals surface area contributed by atoms with Gasteiger partial charge in [-0.15, -0.1) is 12.3 Å². The molecule has 3 nitrogen and oxygen atoms in total. The van der Waals surface area contributed by atoms with E-state index in [1.165, 1.54) is 7.11 Å². The lowest BCUT2D eigenvalue weighted by Crippen LogP contribution is -2.46. The molecule has 104 valence electrons. The second-order valence-corrected chi connectivity index (χ2v) is 10.7. The largest absolute Gasteiger partial charge is 0.467 e. The van der Waals surface area contributed by atoms with Gasteiger partial charge in [-0.3, -0.25) is 0 Å². The zero-order valence-corrected chi connectivity index (χ0v) is 13.5. The van der Waals surface area contributed by atoms with Crippen molar-refractivity contribution in [1.29, 1.82) is 0 Å². The molecule has 0 aliphatic carbocycles. The van der Waals surface area contributed by atoms with Gasteiger partial charge in [0.25, 0.3) is 0 Å². The van der Waals surface area contributed by atoms with Gasteiger partial charge in [0.1, 0.15) is 6.10 Å². The van der Waals surface area contributed by atoms with Gasteiger partial charge < -0.3 is 9.16 Å². The highest BCUT2D eigenvalue weighted by molar-refractivity contribution is 6.74. The number of ether oxygens (including phenoxy) is 1. The number of unbranched alkanes of at least 4 members (excludes halogenated alkanes) is 1. The first-order valence-electron chi connectivity index (χ1n) is 6.35. The number of carbonyl (C=O) groups excluding carboxylic acids is 1. The van der Waals surface area contributed by atoms with Crippen molar-refractivity contribution in [1.82, 2.24) is 0 Å². The SMILES string of the molecule is C#CCCCC(O[Si](C)(C)C(C)(C)C)C(=O)OC. The Kier molecular flexibility index (Phi) is 6.65. The van der Waals surface area contributed by atoms with Crippen molar-refractivity contribution in [3.8, 4) is 12.3 Å². The van der Waals surface area contributed by atoms with Crippen molar-refractivity contribution in [3.05, 3.63) is 0 Å². The number of rotatable bonds is 6. The lowest BCUT2D eigenvalue weighted by molar-refractivity contribution is -0.149. The number of methoxy groups -OCH3 is 1. The molecule has 0 heterocycles. The average Bonchev–Trinajstić information content (AvgIpc) is 2.25. The van der Waals surface area contributed by atoms with E-state index in [0.29, 0.717) is 12.8 Å². The number of hydrogen-bond donors (Lipinski definition) is 0. The van der Waals surface area contributed by atoms with Crippen LogP contribution in [-0.2, 0) is 14.0 Å². The fraction of sp³-hybridized carbons (Fsp3) is 0.786. The maximum Gasteiger partial charge on any atom is 0.333 e. The molecule has 0 aliphatic heterocycles. The maximum atomic E-state index is 11.7. The third-order valence-corrected chi connectivity index (χ3v) is 7.98. The van der Waals surface area contributed by atoms with E-state index in [1.807, 2.05) is 0 Å². The molecule has 1 unspecified atom stereocenters. The lowest BCUT2D eigenvalue weighted by Gasteiger charge is -2.38. The zero-order chi connectivity index (χ0) is 14.4. The molecule has 0 radical (unpaired) electrons. The summed E-state index contributed by atoms with van der Waals surface area (Å²) in [5.41, 5.74) is 0. The zero-order valence-electron chi connectivity index (χ0n) is 12.5. The lowest BCUT2D eigenvalue weighted by atomic mass is 10.1. The summed E-state index contributed by atoms with van der Waals surface area (Å²) in [7, 11) is -0.565. The van der Waals surface area contributed by atoms with Crippen LogP contribution in [-0.4, -0.2) is 27.5 Å². The summed E-state index contributed by atoms with van der Waals surface area (Å²) in [6, 6.07) is 0. The van der Waals surface area contributed by atoms with Gasteiger partial charge in [0.2, 0.25) is 0 Å². The Morgan fingerprint density at radius 2 is 1.94 bits per heavy atom. The molecule has 0 saturated heterocycles. The van der Waals surface area contributed by atoms with E-state index in [-0.39, 0.29) is 11.0 Å². The molecule has 0 fully saturated rings. The first-order chi connectivity index (χ1) is 8.15. The van der Waals surface area contributed by atoms with Crippen molar-refractivity contribution in [2.45, 2.75) is 64.3 Å². The van der Waals surface area contributed by atoms with Crippen LogP contribution >= 0.6 is 0 Å². The van der Waals surface area contributed by atoms with E-state index < -0.39 is 14.4 Å². The summed E-state index contributed by atoms with van der Waals surface area (Å²) in [6.07, 6.45) is 6.81. The molecule has 0 amide bonds. The Hall–Kier alpha value is -0.793. The normalized spacial score (nSPS) is 13.8. The summed E-state index contributed by atoms with van der Waals surface area (Å²) in [5, 5.41) is 0.0748. The monoisotopic (exact) mass is 270 g/mol. The molecular formula is C14H26O3Si. The predicted molar refractivity (Wildman–Crippen MR) is 76.8 cm³/mol. The van der Waals surface area contributed by atoms with E-state index in [4.69, 9.17) is 15.6 Å². The van der Waals surface area contributed by atoms with Crippen LogP contribution in [0.3, 0.4) is 0 Å². The molecule has 0 aliphatic rings. The van der Waals surface area contributed by atoms with Gasteiger partial charge in [-0.05, 0) is 31.0 Å². The Balaban J connectivity index is 4.69. The fourth-order valence-corrected chi connectivity index (χ4v) is 2.56. The standard InChI is InChI=1S/C14H26O3Si/c1-8-9-10-11-12(13(15)16-5)17-18(6,7)14(2,3)4/h1,12H,9-11H2,2-7H3. The predicted octanol–water partition coefficient (Wildman–Crippen LogP) is 3.35. The Morgan fingerprint density at radius 1 is 1.39 bits per heavy atom. The summed E-state index contributed by atoms with van der Waals surface area (Å²) in [6.45, 7) is 10.7. The average molecular weight is 270 g/mol. The third-order valence-electron chi connectivity index (χ3n) is 3.49. The number of esters is 1. The van der Waals surface area contributed by atoms with E-state index in [9.17, 15) is 4.79 Å². The minimum absolute atomic E-state index is 0.0748. The summed E-state index contributed by atoms with van der Waals surface area (Å²) >= 11 is 0. The van der Waals surface area contributed by atoms with Crippen molar-refractivity contribution < 1.29 is 14.0 Å². The summed E-state index contributed by atoms with van der Waals surface area (Å²) in [4.78, 5) is 11.7. The Labute approximate surface area is 112 Å². The van der Waals surface area contributed by atoms with Crippen molar-refractivity contribution in [3.63, 3.8) is 0 Å². The molecule has 0 aromatic carbocycles. The van der Waals surface area contributed by atoms with E-state index in [1.54, 1.807) is 0 Å². The Bertz CT molecular complexity index is 310. The van der Waals surface area contributed by atoms with Gasteiger partial charge in [0, 0.05) is 6.42 Å². The maximum absolute atomic E-state index is 11.7. The van der Waals surface area contributed by atoms with Crippen LogP contribution in [0.2, 0.25) is 18.1 Å². The molecule has 0 saturated carbocycles. The van der Waals surface area contributed by atoms with Crippen LogP contribution in [0.5, 0.6) is 0 Å². The van der Waals surface area contributed by atoms with Crippen LogP contribution < -0.4 is 0 Å². The third kappa shape index (κ3) is 5.24. The molecule has 0 aromatic heterocycles. The topological polar surface area (TPSA) is 35.5 Å². The van der Waals surface area contributed by atoms with Crippen LogP contribution in [0, 0.1) is 12.3 Å². The van der Waals surface area contributed by atoms with Crippen LogP contribution in [0.15, 0.2) is 0 Å². The molecule has 0 rings (SSSR count). The van der Waals surface area contributed by atoms with Gasteiger partial charge >= 0.3 is 5.97 Å². The summed E-state index contributed by atoms with van der Waals surface area (Å²) < 4.78 is 10.9. The number of carbonyl (C=O) groups is 1. The quantitative estimate of drug-likeness (QED) is 0.321. The highest BCUT2D eigenvalue weighted by atomic mass is 28.4. The highest BCUT2D eigenvalue weighted by Gasteiger charge is 2.40. The second-order valence-electron chi connectivity index (χ2n) is 5.99. The first kappa shape index (κ1) is 17.2. The molecule has 1 atom stereocenters. The molecule has 0 bridgehead atoms. The van der Waals surface area contributed by atoms with Gasteiger partial charge in [-0.2, -0.15) is 0 Å².